The second kappa shape index (κ2) is 7.69. The highest BCUT2D eigenvalue weighted by Gasteiger charge is 2.23. The molecule has 0 amide bonds. The van der Waals surface area contributed by atoms with E-state index in [4.69, 9.17) is 4.98 Å². The van der Waals surface area contributed by atoms with E-state index in [2.05, 4.69) is 103 Å². The maximum atomic E-state index is 5.01. The van der Waals surface area contributed by atoms with E-state index < -0.39 is 0 Å². The quantitative estimate of drug-likeness (QED) is 0.348. The summed E-state index contributed by atoms with van der Waals surface area (Å²) in [5, 5.41) is 2.23. The molecule has 2 aromatic heterocycles. The molecule has 156 valence electrons. The van der Waals surface area contributed by atoms with Crippen LogP contribution in [0.1, 0.15) is 50.7 Å². The predicted molar refractivity (Wildman–Crippen MR) is 131 cm³/mol. The van der Waals surface area contributed by atoms with Gasteiger partial charge in [-0.3, -0.25) is 4.98 Å². The molecule has 0 spiro atoms. The van der Waals surface area contributed by atoms with Gasteiger partial charge in [0.2, 0.25) is 0 Å². The molecule has 1 aliphatic rings. The van der Waals surface area contributed by atoms with E-state index in [1.807, 2.05) is 12.3 Å². The highest BCUT2D eigenvalue weighted by Crippen LogP contribution is 2.37. The van der Waals surface area contributed by atoms with Gasteiger partial charge in [0.05, 0.1) is 11.0 Å². The zero-order valence-electron chi connectivity index (χ0n) is 18.6. The second-order valence-electron chi connectivity index (χ2n) is 8.86. The highest BCUT2D eigenvalue weighted by molar-refractivity contribution is 6.03. The van der Waals surface area contributed by atoms with E-state index in [1.165, 1.54) is 16.8 Å². The number of hydrogen-bond acceptors (Lipinski definition) is 4. The number of para-hydroxylation sites is 1. The molecule has 31 heavy (non-hydrogen) atoms. The Kier molecular flexibility index (Phi) is 4.85. The Labute approximate surface area is 183 Å². The number of fused-ring (bicyclic) bond motifs is 3. The molecule has 0 radical (unpaired) electrons. The smallest absolute Gasteiger partial charge is 0.134 e. The lowest BCUT2D eigenvalue weighted by atomic mass is 9.92. The monoisotopic (exact) mass is 408 g/mol. The molecule has 2 aromatic carbocycles. The molecular weight excluding hydrogens is 380 g/mol. The third kappa shape index (κ3) is 3.42. The van der Waals surface area contributed by atoms with Crippen LogP contribution in [0, 0.1) is 0 Å². The van der Waals surface area contributed by atoms with Gasteiger partial charge in [-0.15, -0.1) is 0 Å². The predicted octanol–water partition coefficient (Wildman–Crippen LogP) is 6.79. The average molecular weight is 409 g/mol. The highest BCUT2D eigenvalue weighted by atomic mass is 15.4. The van der Waals surface area contributed by atoms with Crippen LogP contribution in [-0.2, 0) is 0 Å². The molecule has 4 nitrogen and oxygen atoms in total. The van der Waals surface area contributed by atoms with Gasteiger partial charge in [-0.05, 0) is 41.2 Å². The summed E-state index contributed by atoms with van der Waals surface area (Å²) in [4.78, 5) is 14.2. The minimum Gasteiger partial charge on any atom is -0.327 e. The molecule has 0 bridgehead atoms. The summed E-state index contributed by atoms with van der Waals surface area (Å²) in [6.07, 6.45) is 6.15. The largest absolute Gasteiger partial charge is 0.327 e. The Hall–Kier alpha value is -3.40. The van der Waals surface area contributed by atoms with Crippen molar-refractivity contribution in [3.63, 3.8) is 0 Å². The Morgan fingerprint density at radius 2 is 1.35 bits per heavy atom. The van der Waals surface area contributed by atoms with Crippen molar-refractivity contribution in [1.29, 1.82) is 0 Å². The first-order valence-corrected chi connectivity index (χ1v) is 11.0. The third-order valence-electron chi connectivity index (χ3n) is 6.07. The fourth-order valence-electron chi connectivity index (χ4n) is 4.43. The molecule has 0 fully saturated rings. The minimum atomic E-state index is 0.465. The zero-order valence-corrected chi connectivity index (χ0v) is 18.6. The van der Waals surface area contributed by atoms with Gasteiger partial charge in [-0.2, -0.15) is 0 Å². The van der Waals surface area contributed by atoms with E-state index in [-0.39, 0.29) is 0 Å². The van der Waals surface area contributed by atoms with Crippen molar-refractivity contribution < 1.29 is 0 Å². The maximum absolute atomic E-state index is 5.01. The second-order valence-corrected chi connectivity index (χ2v) is 8.86. The number of pyridine rings is 2. The topological polar surface area (TPSA) is 32.3 Å². The summed E-state index contributed by atoms with van der Waals surface area (Å²) >= 11 is 0. The molecule has 5 rings (SSSR count). The van der Waals surface area contributed by atoms with Crippen LogP contribution in [0.5, 0.6) is 0 Å². The van der Waals surface area contributed by atoms with Crippen LogP contribution in [0.15, 0.2) is 73.2 Å². The number of aromatic nitrogens is 2. The van der Waals surface area contributed by atoms with E-state index >= 15 is 0 Å². The van der Waals surface area contributed by atoms with Gasteiger partial charge in [-0.25, -0.2) is 4.98 Å². The molecule has 0 saturated heterocycles. The van der Waals surface area contributed by atoms with Gasteiger partial charge in [-0.1, -0.05) is 64.1 Å². The molecule has 1 aliphatic heterocycles. The van der Waals surface area contributed by atoms with E-state index in [9.17, 15) is 0 Å². The van der Waals surface area contributed by atoms with E-state index in [0.717, 1.165) is 34.3 Å². The van der Waals surface area contributed by atoms with Gasteiger partial charge >= 0.3 is 0 Å². The van der Waals surface area contributed by atoms with E-state index in [0.29, 0.717) is 11.8 Å². The number of nitrogens with zero attached hydrogens (tertiary/aromatic N) is 4. The standard InChI is InChI=1S/C27H28N4/c1-18(2)22-8-5-9-23(19(3)4)27(22)31-16-15-30(17-31)24-13-12-21-11-10-20-7-6-14-28-25(20)26(21)29-24/h5-16,18-19H,17H2,1-4H3. The van der Waals surface area contributed by atoms with Crippen LogP contribution >= 0.6 is 0 Å². The van der Waals surface area contributed by atoms with E-state index in [1.54, 1.807) is 0 Å². The van der Waals surface area contributed by atoms with Crippen LogP contribution in [0.25, 0.3) is 21.8 Å². The van der Waals surface area contributed by atoms with Gasteiger partial charge < -0.3 is 9.80 Å². The Balaban J connectivity index is 1.53. The van der Waals surface area contributed by atoms with Crippen molar-refractivity contribution in [2.75, 3.05) is 16.5 Å². The normalized spacial score (nSPS) is 14.0. The van der Waals surface area contributed by atoms with Gasteiger partial charge in [0, 0.05) is 35.1 Å². The van der Waals surface area contributed by atoms with Crippen molar-refractivity contribution in [1.82, 2.24) is 9.97 Å². The minimum absolute atomic E-state index is 0.465. The van der Waals surface area contributed by atoms with Crippen LogP contribution in [0.4, 0.5) is 11.5 Å². The molecule has 0 unspecified atom stereocenters. The van der Waals surface area contributed by atoms with Crippen molar-refractivity contribution in [2.45, 2.75) is 39.5 Å². The summed E-state index contributed by atoms with van der Waals surface area (Å²) in [5.41, 5.74) is 6.01. The lowest BCUT2D eigenvalue weighted by molar-refractivity contribution is 0.816. The van der Waals surface area contributed by atoms with Crippen molar-refractivity contribution in [2.24, 2.45) is 0 Å². The molecule has 4 heteroatoms. The summed E-state index contributed by atoms with van der Waals surface area (Å²) in [6.45, 7) is 9.82. The van der Waals surface area contributed by atoms with Crippen molar-refractivity contribution >= 4 is 33.3 Å². The lowest BCUT2D eigenvalue weighted by Crippen LogP contribution is -2.27. The third-order valence-corrected chi connectivity index (χ3v) is 6.07. The first kappa shape index (κ1) is 19.6. The van der Waals surface area contributed by atoms with Crippen molar-refractivity contribution in [3.8, 4) is 0 Å². The van der Waals surface area contributed by atoms with Gasteiger partial charge in [0.1, 0.15) is 12.5 Å². The molecule has 0 saturated carbocycles. The first-order valence-electron chi connectivity index (χ1n) is 11.0. The van der Waals surface area contributed by atoms with Gasteiger partial charge in [0.15, 0.2) is 0 Å². The summed E-state index contributed by atoms with van der Waals surface area (Å²) in [7, 11) is 0. The number of anilines is 2. The fourth-order valence-corrected chi connectivity index (χ4v) is 4.43. The van der Waals surface area contributed by atoms with Gasteiger partial charge in [0.25, 0.3) is 0 Å². The Morgan fingerprint density at radius 3 is 2.06 bits per heavy atom. The Bertz CT molecular complexity index is 1260. The van der Waals surface area contributed by atoms with Crippen LogP contribution < -0.4 is 9.80 Å². The SMILES string of the molecule is CC(C)c1cccc(C(C)C)c1N1C=CN(c2ccc3ccc4cccnc4c3n2)C1. The average Bonchev–Trinajstić information content (AvgIpc) is 3.28. The van der Waals surface area contributed by atoms with Crippen LogP contribution in [0.3, 0.4) is 0 Å². The molecule has 0 atom stereocenters. The maximum Gasteiger partial charge on any atom is 0.134 e. The van der Waals surface area contributed by atoms with Crippen LogP contribution in [-0.4, -0.2) is 16.6 Å². The molecule has 0 aliphatic carbocycles. The summed E-state index contributed by atoms with van der Waals surface area (Å²) in [5.74, 6) is 1.87. The summed E-state index contributed by atoms with van der Waals surface area (Å²) < 4.78 is 0. The lowest BCUT2D eigenvalue weighted by Gasteiger charge is -2.28. The zero-order chi connectivity index (χ0) is 21.5. The summed E-state index contributed by atoms with van der Waals surface area (Å²) in [6, 6.07) is 19.2. The molecular formula is C27H28N4. The molecule has 0 N–H and O–H groups in total. The number of rotatable bonds is 4. The van der Waals surface area contributed by atoms with Crippen LogP contribution in [0.2, 0.25) is 0 Å². The molecule has 3 heterocycles. The fraction of sp³-hybridized carbons (Fsp3) is 0.259. The molecule has 4 aromatic rings. The number of benzene rings is 2. The van der Waals surface area contributed by atoms with Crippen molar-refractivity contribution in [3.05, 3.63) is 84.3 Å². The first-order chi connectivity index (χ1) is 15.0. The Morgan fingerprint density at radius 1 is 0.710 bits per heavy atom. The number of hydrogen-bond donors (Lipinski definition) is 0.